The summed E-state index contributed by atoms with van der Waals surface area (Å²) in [5.41, 5.74) is 1.82. The number of hydrogen-bond acceptors (Lipinski definition) is 2. The van der Waals surface area contributed by atoms with E-state index in [1.807, 2.05) is 13.0 Å². The molecule has 2 N–H and O–H groups in total. The first-order valence-electron chi connectivity index (χ1n) is 7.67. The Morgan fingerprint density at radius 3 is 2.56 bits per heavy atom. The van der Waals surface area contributed by atoms with Crippen LogP contribution < -0.4 is 5.32 Å². The first-order chi connectivity index (χ1) is 11.6. The molecule has 1 fully saturated rings. The number of carboxylic acid groups (broad SMARTS) is 1. The Labute approximate surface area is 147 Å². The third-order valence-electron chi connectivity index (χ3n) is 4.26. The average Bonchev–Trinajstić information content (AvgIpc) is 2.96. The Hall–Kier alpha value is -1.96. The summed E-state index contributed by atoms with van der Waals surface area (Å²) in [5, 5.41) is 12.1. The zero-order valence-electron chi connectivity index (χ0n) is 13.4. The fraction of sp³-hybridized carbons (Fsp3) is 0.500. The second-order valence-electron chi connectivity index (χ2n) is 6.06. The summed E-state index contributed by atoms with van der Waals surface area (Å²) in [6, 6.07) is 4.71. The molecule has 0 radical (unpaired) electrons. The van der Waals surface area contributed by atoms with Crippen molar-refractivity contribution in [2.45, 2.75) is 19.5 Å². The first kappa shape index (κ1) is 19.4. The molecule has 2 atom stereocenters. The minimum Gasteiger partial charge on any atom is -0.481 e. The smallest absolute Gasteiger partial charge is 0.394 e. The van der Waals surface area contributed by atoms with E-state index in [-0.39, 0.29) is 6.54 Å². The van der Waals surface area contributed by atoms with Gasteiger partial charge < -0.3 is 15.3 Å². The summed E-state index contributed by atoms with van der Waals surface area (Å²) >= 11 is 5.92. The van der Waals surface area contributed by atoms with Gasteiger partial charge in [0.2, 0.25) is 0 Å². The van der Waals surface area contributed by atoms with Crippen LogP contribution in [-0.2, 0) is 11.2 Å². The molecule has 0 unspecified atom stereocenters. The lowest BCUT2D eigenvalue weighted by atomic mass is 9.96. The van der Waals surface area contributed by atoms with E-state index in [9.17, 15) is 22.8 Å². The van der Waals surface area contributed by atoms with Crippen LogP contribution in [0.3, 0.4) is 0 Å². The summed E-state index contributed by atoms with van der Waals surface area (Å²) in [6.45, 7) is 0.973. The molecule has 0 aliphatic carbocycles. The molecular formula is C16H18ClF3N2O3. The molecule has 1 heterocycles. The van der Waals surface area contributed by atoms with Gasteiger partial charge in [-0.15, -0.1) is 0 Å². The van der Waals surface area contributed by atoms with Gasteiger partial charge in [0.25, 0.3) is 0 Å². The number of rotatable bonds is 4. The van der Waals surface area contributed by atoms with E-state index >= 15 is 0 Å². The second-order valence-corrected chi connectivity index (χ2v) is 6.47. The van der Waals surface area contributed by atoms with Gasteiger partial charge in [0, 0.05) is 24.7 Å². The molecule has 9 heteroatoms. The molecule has 0 spiro atoms. The van der Waals surface area contributed by atoms with Gasteiger partial charge in [-0.3, -0.25) is 4.79 Å². The number of benzene rings is 1. The molecule has 1 aromatic carbocycles. The van der Waals surface area contributed by atoms with Crippen molar-refractivity contribution in [1.29, 1.82) is 0 Å². The van der Waals surface area contributed by atoms with E-state index in [1.165, 1.54) is 0 Å². The standard InChI is InChI=1S/C16H18ClF3N2O3/c1-9-6-10(2-3-13(9)17)4-5-21-15(25)22-7-11(14(23)24)12(8-22)16(18,19)20/h2-3,6,11-12H,4-5,7-8H2,1H3,(H,21,25)(H,23,24)/t11-,12-/m1/s1. The van der Waals surface area contributed by atoms with Gasteiger partial charge >= 0.3 is 18.2 Å². The van der Waals surface area contributed by atoms with Crippen LogP contribution >= 0.6 is 11.6 Å². The highest BCUT2D eigenvalue weighted by atomic mass is 35.5. The molecule has 2 amide bonds. The van der Waals surface area contributed by atoms with Crippen molar-refractivity contribution in [2.24, 2.45) is 11.8 Å². The molecule has 1 aromatic rings. The Kier molecular flexibility index (Phi) is 5.82. The lowest BCUT2D eigenvalue weighted by Crippen LogP contribution is -2.40. The maximum absolute atomic E-state index is 12.9. The number of hydrogen-bond donors (Lipinski definition) is 2. The lowest BCUT2D eigenvalue weighted by molar-refractivity contribution is -0.187. The zero-order valence-corrected chi connectivity index (χ0v) is 14.2. The maximum atomic E-state index is 12.9. The number of alkyl halides is 3. The number of nitrogens with one attached hydrogen (secondary N) is 1. The summed E-state index contributed by atoms with van der Waals surface area (Å²) < 4.78 is 38.8. The van der Waals surface area contributed by atoms with Gasteiger partial charge in [-0.05, 0) is 30.5 Å². The number of aliphatic carboxylic acids is 1. The normalized spacial score (nSPS) is 20.6. The Balaban J connectivity index is 1.90. The van der Waals surface area contributed by atoms with E-state index in [0.29, 0.717) is 11.4 Å². The third-order valence-corrected chi connectivity index (χ3v) is 4.68. The molecule has 25 heavy (non-hydrogen) atoms. The van der Waals surface area contributed by atoms with Gasteiger partial charge in [-0.2, -0.15) is 13.2 Å². The summed E-state index contributed by atoms with van der Waals surface area (Å²) in [7, 11) is 0. The second kappa shape index (κ2) is 7.51. The van der Waals surface area contributed by atoms with E-state index in [0.717, 1.165) is 16.0 Å². The van der Waals surface area contributed by atoms with Gasteiger partial charge in [-0.25, -0.2) is 4.79 Å². The zero-order chi connectivity index (χ0) is 18.8. The Morgan fingerprint density at radius 2 is 2.04 bits per heavy atom. The number of carbonyl (C=O) groups excluding carboxylic acids is 1. The number of amides is 2. The number of halogens is 4. The monoisotopic (exact) mass is 378 g/mol. The van der Waals surface area contributed by atoms with Gasteiger partial charge in [-0.1, -0.05) is 23.7 Å². The Bertz CT molecular complexity index is 667. The topological polar surface area (TPSA) is 69.6 Å². The number of carbonyl (C=O) groups is 2. The first-order valence-corrected chi connectivity index (χ1v) is 8.04. The van der Waals surface area contributed by atoms with Crippen LogP contribution in [-0.4, -0.2) is 47.8 Å². The average molecular weight is 379 g/mol. The van der Waals surface area contributed by atoms with Crippen molar-refractivity contribution >= 4 is 23.6 Å². The molecule has 0 saturated carbocycles. The number of nitrogens with zero attached hydrogens (tertiary/aromatic N) is 1. The predicted octanol–water partition coefficient (Wildman–Crippen LogP) is 3.10. The quantitative estimate of drug-likeness (QED) is 0.845. The van der Waals surface area contributed by atoms with Gasteiger partial charge in [0.1, 0.15) is 0 Å². The van der Waals surface area contributed by atoms with Crippen molar-refractivity contribution in [3.63, 3.8) is 0 Å². The predicted molar refractivity (Wildman–Crippen MR) is 85.5 cm³/mol. The number of likely N-dealkylation sites (tertiary alicyclic amines) is 1. The van der Waals surface area contributed by atoms with E-state index in [4.69, 9.17) is 16.7 Å². The van der Waals surface area contributed by atoms with E-state index in [2.05, 4.69) is 5.32 Å². The number of urea groups is 1. The minimum atomic E-state index is -4.65. The highest BCUT2D eigenvalue weighted by Gasteiger charge is 2.53. The van der Waals surface area contributed by atoms with Crippen LogP contribution in [0.4, 0.5) is 18.0 Å². The summed E-state index contributed by atoms with van der Waals surface area (Å²) in [4.78, 5) is 24.0. The van der Waals surface area contributed by atoms with Crippen molar-refractivity contribution in [2.75, 3.05) is 19.6 Å². The minimum absolute atomic E-state index is 0.227. The highest BCUT2D eigenvalue weighted by molar-refractivity contribution is 6.31. The molecule has 2 rings (SSSR count). The van der Waals surface area contributed by atoms with Crippen molar-refractivity contribution in [1.82, 2.24) is 10.2 Å². The van der Waals surface area contributed by atoms with Crippen LogP contribution in [0.25, 0.3) is 0 Å². The molecular weight excluding hydrogens is 361 g/mol. The van der Waals surface area contributed by atoms with Crippen LogP contribution in [0.15, 0.2) is 18.2 Å². The molecule has 1 saturated heterocycles. The Morgan fingerprint density at radius 1 is 1.36 bits per heavy atom. The fourth-order valence-electron chi connectivity index (χ4n) is 2.84. The van der Waals surface area contributed by atoms with Crippen LogP contribution in [0, 0.1) is 18.8 Å². The van der Waals surface area contributed by atoms with Gasteiger partial charge in [0.05, 0.1) is 11.8 Å². The van der Waals surface area contributed by atoms with Crippen molar-refractivity contribution in [3.05, 3.63) is 34.3 Å². The summed E-state index contributed by atoms with van der Waals surface area (Å²) in [5.74, 6) is -5.23. The fourth-order valence-corrected chi connectivity index (χ4v) is 2.96. The van der Waals surface area contributed by atoms with E-state index < -0.39 is 43.1 Å². The molecule has 0 bridgehead atoms. The highest BCUT2D eigenvalue weighted by Crippen LogP contribution is 2.37. The number of carboxylic acids is 1. The lowest BCUT2D eigenvalue weighted by Gasteiger charge is -2.18. The van der Waals surface area contributed by atoms with Crippen LogP contribution in [0.2, 0.25) is 5.02 Å². The third kappa shape index (κ3) is 4.78. The maximum Gasteiger partial charge on any atom is 0.394 e. The van der Waals surface area contributed by atoms with Crippen molar-refractivity contribution in [3.8, 4) is 0 Å². The molecule has 1 aliphatic heterocycles. The van der Waals surface area contributed by atoms with Crippen LogP contribution in [0.5, 0.6) is 0 Å². The van der Waals surface area contributed by atoms with Crippen LogP contribution in [0.1, 0.15) is 11.1 Å². The molecule has 1 aliphatic rings. The van der Waals surface area contributed by atoms with Crippen molar-refractivity contribution < 1.29 is 27.9 Å². The SMILES string of the molecule is Cc1cc(CCNC(=O)N2C[C@@H](C(F)(F)F)[C@H](C(=O)O)C2)ccc1Cl. The molecule has 138 valence electrons. The molecule has 0 aromatic heterocycles. The van der Waals surface area contributed by atoms with E-state index in [1.54, 1.807) is 12.1 Å². The largest absolute Gasteiger partial charge is 0.481 e. The summed E-state index contributed by atoms with van der Waals surface area (Å²) in [6.07, 6.45) is -4.17. The van der Waals surface area contributed by atoms with Gasteiger partial charge in [0.15, 0.2) is 0 Å². The molecule has 5 nitrogen and oxygen atoms in total. The number of aryl methyl sites for hydroxylation is 1.